The summed E-state index contributed by atoms with van der Waals surface area (Å²) in [6.07, 6.45) is 0.637. The Morgan fingerprint density at radius 2 is 1.89 bits per heavy atom. The second-order valence-corrected chi connectivity index (χ2v) is 5.33. The second-order valence-electron chi connectivity index (χ2n) is 3.79. The molecule has 0 aliphatic heterocycles. The number of benzene rings is 1. The van der Waals surface area contributed by atoms with Crippen molar-refractivity contribution in [1.82, 2.24) is 0 Å². The third-order valence-corrected chi connectivity index (χ3v) is 3.32. The van der Waals surface area contributed by atoms with Crippen LogP contribution in [0.3, 0.4) is 0 Å². The van der Waals surface area contributed by atoms with Crippen LogP contribution in [0, 0.1) is 6.92 Å². The molecule has 0 aliphatic rings. The number of rotatable bonds is 4. The molecule has 0 atom stereocenters. The first-order valence-corrected chi connectivity index (χ1v) is 6.62. The van der Waals surface area contributed by atoms with Gasteiger partial charge < -0.3 is 4.18 Å². The number of aldehydes is 1. The van der Waals surface area contributed by atoms with Crippen LogP contribution in [0.5, 0.6) is 5.75 Å². The molecule has 0 amide bonds. The van der Waals surface area contributed by atoms with Gasteiger partial charge in [-0.1, -0.05) is 13.0 Å². The molecule has 0 spiro atoms. The molecule has 0 radical (unpaired) electrons. The van der Waals surface area contributed by atoms with Crippen molar-refractivity contribution in [1.29, 1.82) is 0 Å². The van der Waals surface area contributed by atoms with Gasteiger partial charge in [0.25, 0.3) is 0 Å². The first-order chi connectivity index (χ1) is 8.62. The van der Waals surface area contributed by atoms with Crippen molar-refractivity contribution in [3.05, 3.63) is 28.8 Å². The number of alkyl halides is 3. The van der Waals surface area contributed by atoms with Gasteiger partial charge in [0.2, 0.25) is 0 Å². The van der Waals surface area contributed by atoms with E-state index in [1.165, 1.54) is 0 Å². The van der Waals surface area contributed by atoms with Crippen molar-refractivity contribution in [2.45, 2.75) is 25.8 Å². The van der Waals surface area contributed by atoms with Crippen molar-refractivity contribution in [2.75, 3.05) is 0 Å². The minimum Gasteiger partial charge on any atom is -0.375 e. The molecule has 4 nitrogen and oxygen atoms in total. The predicted molar refractivity (Wildman–Crippen MR) is 61.5 cm³/mol. The van der Waals surface area contributed by atoms with E-state index in [2.05, 4.69) is 4.18 Å². The van der Waals surface area contributed by atoms with Gasteiger partial charge in [-0.05, 0) is 30.5 Å². The van der Waals surface area contributed by atoms with E-state index < -0.39 is 21.4 Å². The molecular formula is C11H11F3O4S. The van der Waals surface area contributed by atoms with Gasteiger partial charge in [0, 0.05) is 0 Å². The van der Waals surface area contributed by atoms with E-state index in [1.807, 2.05) is 0 Å². The Morgan fingerprint density at radius 1 is 1.32 bits per heavy atom. The molecule has 0 aromatic heterocycles. The summed E-state index contributed by atoms with van der Waals surface area (Å²) in [6, 6.07) is 2.66. The average Bonchev–Trinajstić information content (AvgIpc) is 2.26. The van der Waals surface area contributed by atoms with Crippen LogP contribution in [-0.2, 0) is 16.5 Å². The van der Waals surface area contributed by atoms with E-state index in [1.54, 1.807) is 19.9 Å². The number of carbonyl (C=O) groups excluding carboxylic acids is 1. The second kappa shape index (κ2) is 5.20. The van der Waals surface area contributed by atoms with Crippen LogP contribution in [-0.4, -0.2) is 20.2 Å². The summed E-state index contributed by atoms with van der Waals surface area (Å²) < 4.78 is 62.6. The Bertz CT molecular complexity index is 591. The summed E-state index contributed by atoms with van der Waals surface area (Å²) in [4.78, 5) is 10.9. The Kier molecular flexibility index (Phi) is 4.24. The zero-order chi connectivity index (χ0) is 14.8. The van der Waals surface area contributed by atoms with Gasteiger partial charge in [0.15, 0.2) is 12.0 Å². The Hall–Kier alpha value is -1.57. The van der Waals surface area contributed by atoms with E-state index >= 15 is 0 Å². The van der Waals surface area contributed by atoms with E-state index in [0.29, 0.717) is 17.5 Å². The largest absolute Gasteiger partial charge is 0.534 e. The molecular weight excluding hydrogens is 285 g/mol. The first-order valence-electron chi connectivity index (χ1n) is 5.21. The van der Waals surface area contributed by atoms with Crippen molar-refractivity contribution < 1.29 is 30.6 Å². The lowest BCUT2D eigenvalue weighted by Gasteiger charge is -2.13. The molecule has 0 bridgehead atoms. The lowest BCUT2D eigenvalue weighted by Crippen LogP contribution is -2.28. The van der Waals surface area contributed by atoms with Gasteiger partial charge in [-0.3, -0.25) is 4.79 Å². The highest BCUT2D eigenvalue weighted by molar-refractivity contribution is 7.88. The fraction of sp³-hybridized carbons (Fsp3) is 0.364. The molecule has 0 aliphatic carbocycles. The molecule has 1 rings (SSSR count). The van der Waals surface area contributed by atoms with Gasteiger partial charge in [-0.25, -0.2) is 0 Å². The lowest BCUT2D eigenvalue weighted by molar-refractivity contribution is -0.0500. The van der Waals surface area contributed by atoms with Crippen molar-refractivity contribution >= 4 is 16.4 Å². The molecule has 8 heteroatoms. The van der Waals surface area contributed by atoms with Crippen LogP contribution in [0.4, 0.5) is 13.2 Å². The van der Waals surface area contributed by atoms with Crippen LogP contribution in [0.1, 0.15) is 28.4 Å². The number of halogens is 3. The maximum atomic E-state index is 12.2. The molecule has 1 aromatic rings. The molecule has 0 saturated carbocycles. The summed E-state index contributed by atoms with van der Waals surface area (Å²) in [5, 5.41) is 0. The number of carbonyl (C=O) groups is 1. The summed E-state index contributed by atoms with van der Waals surface area (Å²) >= 11 is 0. The fourth-order valence-electron chi connectivity index (χ4n) is 1.50. The van der Waals surface area contributed by atoms with E-state index in [4.69, 9.17) is 0 Å². The highest BCUT2D eigenvalue weighted by Crippen LogP contribution is 2.30. The van der Waals surface area contributed by atoms with E-state index in [-0.39, 0.29) is 11.8 Å². The van der Waals surface area contributed by atoms with Crippen molar-refractivity contribution in [3.8, 4) is 5.75 Å². The summed E-state index contributed by atoms with van der Waals surface area (Å²) in [5.41, 5.74) is -4.82. The summed E-state index contributed by atoms with van der Waals surface area (Å²) in [7, 11) is -5.78. The normalized spacial score (nSPS) is 12.3. The van der Waals surface area contributed by atoms with Crippen LogP contribution in [0.15, 0.2) is 12.1 Å². The Labute approximate surface area is 108 Å². The third kappa shape index (κ3) is 3.25. The maximum absolute atomic E-state index is 12.2. The molecule has 1 aromatic carbocycles. The molecule has 0 N–H and O–H groups in total. The zero-order valence-corrected chi connectivity index (χ0v) is 10.9. The monoisotopic (exact) mass is 296 g/mol. The molecule has 0 unspecified atom stereocenters. The SMILES string of the molecule is CCc1cc(C)cc(OS(=O)(=O)C(F)(F)F)c1C=O. The summed E-state index contributed by atoms with van der Waals surface area (Å²) in [6.45, 7) is 3.24. The van der Waals surface area contributed by atoms with Crippen LogP contribution >= 0.6 is 0 Å². The quantitative estimate of drug-likeness (QED) is 0.487. The molecule has 106 valence electrons. The van der Waals surface area contributed by atoms with Crippen molar-refractivity contribution in [3.63, 3.8) is 0 Å². The lowest BCUT2D eigenvalue weighted by atomic mass is 10.0. The zero-order valence-electron chi connectivity index (χ0n) is 10.1. The minimum atomic E-state index is -5.78. The van der Waals surface area contributed by atoms with Gasteiger partial charge in [0.05, 0.1) is 5.56 Å². The summed E-state index contributed by atoms with van der Waals surface area (Å²) in [5.74, 6) is -0.607. The van der Waals surface area contributed by atoms with E-state index in [9.17, 15) is 26.4 Å². The van der Waals surface area contributed by atoms with Crippen LogP contribution in [0.25, 0.3) is 0 Å². The number of hydrogen-bond donors (Lipinski definition) is 0. The van der Waals surface area contributed by atoms with Gasteiger partial charge in [-0.2, -0.15) is 21.6 Å². The average molecular weight is 296 g/mol. The number of aryl methyl sites for hydroxylation is 2. The molecule has 0 heterocycles. The first kappa shape index (κ1) is 15.5. The standard InChI is InChI=1S/C11H11F3O4S/c1-3-8-4-7(2)5-10(9(8)6-15)18-19(16,17)11(12,13)14/h4-6H,3H2,1-2H3. The maximum Gasteiger partial charge on any atom is 0.534 e. The van der Waals surface area contributed by atoms with Crippen LogP contribution in [0.2, 0.25) is 0 Å². The number of hydrogen-bond acceptors (Lipinski definition) is 4. The molecule has 0 fully saturated rings. The fourth-order valence-corrected chi connectivity index (χ4v) is 1.97. The topological polar surface area (TPSA) is 60.4 Å². The Morgan fingerprint density at radius 3 is 2.32 bits per heavy atom. The van der Waals surface area contributed by atoms with E-state index in [0.717, 1.165) is 6.07 Å². The highest BCUT2D eigenvalue weighted by Gasteiger charge is 2.48. The van der Waals surface area contributed by atoms with Gasteiger partial charge in [-0.15, -0.1) is 0 Å². The van der Waals surface area contributed by atoms with Gasteiger partial charge in [0.1, 0.15) is 0 Å². The smallest absolute Gasteiger partial charge is 0.375 e. The predicted octanol–water partition coefficient (Wildman–Crippen LogP) is 2.60. The van der Waals surface area contributed by atoms with Crippen molar-refractivity contribution in [2.24, 2.45) is 0 Å². The third-order valence-electron chi connectivity index (χ3n) is 2.35. The minimum absolute atomic E-state index is 0.194. The van der Waals surface area contributed by atoms with Crippen LogP contribution < -0.4 is 4.18 Å². The molecule has 0 saturated heterocycles. The molecule has 19 heavy (non-hydrogen) atoms. The highest BCUT2D eigenvalue weighted by atomic mass is 32.2. The van der Waals surface area contributed by atoms with Gasteiger partial charge >= 0.3 is 15.6 Å². The Balaban J connectivity index is 3.37.